The Morgan fingerprint density at radius 1 is 1.32 bits per heavy atom. The van der Waals surface area contributed by atoms with Crippen LogP contribution in [0, 0.1) is 0 Å². The van der Waals surface area contributed by atoms with E-state index in [0.717, 1.165) is 57.9 Å². The molecule has 1 unspecified atom stereocenters. The topological polar surface area (TPSA) is 76.4 Å². The van der Waals surface area contributed by atoms with E-state index in [2.05, 4.69) is 32.7 Å². The van der Waals surface area contributed by atoms with Crippen LogP contribution >= 0.6 is 24.0 Å². The fraction of sp³-hybridized carbons (Fsp3) is 0.786. The summed E-state index contributed by atoms with van der Waals surface area (Å²) in [7, 11) is 1.80. The summed E-state index contributed by atoms with van der Waals surface area (Å²) in [5.41, 5.74) is -0.0496. The quantitative estimate of drug-likeness (QED) is 0.301. The Bertz CT molecular complexity index is 431. The van der Waals surface area contributed by atoms with Gasteiger partial charge in [-0.1, -0.05) is 0 Å². The molecule has 7 nitrogen and oxygen atoms in total. The van der Waals surface area contributed by atoms with Gasteiger partial charge in [-0.3, -0.25) is 4.99 Å². The maximum absolute atomic E-state index is 5.76. The first-order valence-electron chi connectivity index (χ1n) is 7.63. The van der Waals surface area contributed by atoms with E-state index in [0.29, 0.717) is 0 Å². The van der Waals surface area contributed by atoms with Gasteiger partial charge in [-0.15, -0.1) is 34.2 Å². The van der Waals surface area contributed by atoms with Gasteiger partial charge in [0, 0.05) is 33.3 Å². The van der Waals surface area contributed by atoms with Crippen molar-refractivity contribution in [2.24, 2.45) is 4.99 Å². The third-order valence-electron chi connectivity index (χ3n) is 3.76. The molecule has 0 aliphatic carbocycles. The minimum Gasteiger partial charge on any atom is -0.373 e. The number of rotatable bonds is 7. The Morgan fingerprint density at radius 3 is 2.73 bits per heavy atom. The van der Waals surface area contributed by atoms with Gasteiger partial charge in [-0.05, 0) is 32.6 Å². The molecule has 2 N–H and O–H groups in total. The van der Waals surface area contributed by atoms with Crippen molar-refractivity contribution in [3.63, 3.8) is 0 Å². The number of aromatic nitrogens is 3. The molecule has 22 heavy (non-hydrogen) atoms. The molecule has 0 spiro atoms. The molecule has 0 saturated carbocycles. The Balaban J connectivity index is 0.00000242. The predicted octanol–water partition coefficient (Wildman–Crippen LogP) is 1.41. The van der Waals surface area contributed by atoms with E-state index in [-0.39, 0.29) is 29.6 Å². The number of halogens is 1. The van der Waals surface area contributed by atoms with Gasteiger partial charge in [0.15, 0.2) is 5.96 Å². The van der Waals surface area contributed by atoms with Crippen LogP contribution in [0.15, 0.2) is 17.6 Å². The smallest absolute Gasteiger partial charge is 0.191 e. The van der Waals surface area contributed by atoms with Crippen LogP contribution in [0.1, 0.15) is 32.6 Å². The molecule has 0 amide bonds. The van der Waals surface area contributed by atoms with Crippen LogP contribution < -0.4 is 10.6 Å². The summed E-state index contributed by atoms with van der Waals surface area (Å²) in [6.07, 6.45) is 7.91. The summed E-state index contributed by atoms with van der Waals surface area (Å²) in [4.78, 5) is 4.24. The van der Waals surface area contributed by atoms with E-state index >= 15 is 0 Å². The fourth-order valence-corrected chi connectivity index (χ4v) is 2.43. The predicted molar refractivity (Wildman–Crippen MR) is 97.6 cm³/mol. The number of ether oxygens (including phenoxy) is 1. The van der Waals surface area contributed by atoms with Gasteiger partial charge in [0.2, 0.25) is 0 Å². The molecule has 8 heteroatoms. The molecule has 1 atom stereocenters. The molecular weight excluding hydrogens is 395 g/mol. The van der Waals surface area contributed by atoms with E-state index in [4.69, 9.17) is 4.74 Å². The van der Waals surface area contributed by atoms with Crippen LogP contribution in [0.2, 0.25) is 0 Å². The zero-order valence-electron chi connectivity index (χ0n) is 13.4. The molecule has 0 aromatic carbocycles. The molecule has 1 aliphatic heterocycles. The zero-order valence-corrected chi connectivity index (χ0v) is 15.7. The standard InChI is InChI=1S/C14H26N6O.HI/c1-14(6-5-9-21-14)10-17-13(15-2)16-7-3-4-8-20-11-18-19-12-20;/h11-12H,3-10H2,1-2H3,(H2,15,16,17);1H. The highest BCUT2D eigenvalue weighted by Gasteiger charge is 2.29. The Kier molecular flexibility index (Phi) is 8.69. The molecule has 1 aliphatic rings. The first-order valence-corrected chi connectivity index (χ1v) is 7.63. The molecule has 126 valence electrons. The summed E-state index contributed by atoms with van der Waals surface area (Å²) in [6.45, 7) is 5.67. The van der Waals surface area contributed by atoms with Gasteiger partial charge in [0.05, 0.1) is 5.60 Å². The number of guanidine groups is 1. The third kappa shape index (κ3) is 6.47. The lowest BCUT2D eigenvalue weighted by atomic mass is 10.0. The van der Waals surface area contributed by atoms with Gasteiger partial charge in [-0.25, -0.2) is 0 Å². The van der Waals surface area contributed by atoms with Gasteiger partial charge >= 0.3 is 0 Å². The van der Waals surface area contributed by atoms with E-state index in [1.807, 2.05) is 4.57 Å². The Hall–Kier alpha value is -0.900. The number of hydrogen-bond donors (Lipinski definition) is 2. The lowest BCUT2D eigenvalue weighted by molar-refractivity contribution is 0.0243. The van der Waals surface area contributed by atoms with Crippen molar-refractivity contribution in [2.75, 3.05) is 26.7 Å². The second-order valence-corrected chi connectivity index (χ2v) is 5.66. The molecule has 1 saturated heterocycles. The van der Waals surface area contributed by atoms with Crippen molar-refractivity contribution in [3.05, 3.63) is 12.7 Å². The normalized spacial score (nSPS) is 21.5. The van der Waals surface area contributed by atoms with E-state index in [9.17, 15) is 0 Å². The second kappa shape index (κ2) is 9.98. The van der Waals surface area contributed by atoms with Crippen molar-refractivity contribution in [2.45, 2.75) is 44.8 Å². The molecule has 2 heterocycles. The number of aliphatic imine (C=N–C) groups is 1. The fourth-order valence-electron chi connectivity index (χ4n) is 2.43. The van der Waals surface area contributed by atoms with Gasteiger partial charge in [0.25, 0.3) is 0 Å². The monoisotopic (exact) mass is 422 g/mol. The SMILES string of the molecule is CN=C(NCCCCn1cnnc1)NCC1(C)CCCO1.I. The van der Waals surface area contributed by atoms with Gasteiger partial charge in [0.1, 0.15) is 12.7 Å². The molecule has 1 fully saturated rings. The maximum atomic E-state index is 5.76. The average molecular weight is 422 g/mol. The zero-order chi connectivity index (χ0) is 15.0. The molecular formula is C14H27IN6O. The second-order valence-electron chi connectivity index (χ2n) is 5.66. The first-order chi connectivity index (χ1) is 10.2. The number of aryl methyl sites for hydroxylation is 1. The molecule has 0 bridgehead atoms. The largest absolute Gasteiger partial charge is 0.373 e. The number of nitrogens with zero attached hydrogens (tertiary/aromatic N) is 4. The van der Waals surface area contributed by atoms with Crippen LogP contribution in [-0.4, -0.2) is 53.1 Å². The summed E-state index contributed by atoms with van der Waals surface area (Å²) in [6, 6.07) is 0. The van der Waals surface area contributed by atoms with Gasteiger partial charge < -0.3 is 19.9 Å². The lowest BCUT2D eigenvalue weighted by Gasteiger charge is -2.24. The number of nitrogens with one attached hydrogen (secondary N) is 2. The average Bonchev–Trinajstić information content (AvgIpc) is 3.14. The van der Waals surface area contributed by atoms with Crippen LogP contribution in [0.25, 0.3) is 0 Å². The van der Waals surface area contributed by atoms with Crippen LogP contribution in [0.4, 0.5) is 0 Å². The lowest BCUT2D eigenvalue weighted by Crippen LogP contribution is -2.45. The third-order valence-corrected chi connectivity index (χ3v) is 3.76. The summed E-state index contributed by atoms with van der Waals surface area (Å²) < 4.78 is 7.75. The van der Waals surface area contributed by atoms with E-state index in [1.54, 1.807) is 19.7 Å². The maximum Gasteiger partial charge on any atom is 0.191 e. The highest BCUT2D eigenvalue weighted by Crippen LogP contribution is 2.23. The Morgan fingerprint density at radius 2 is 2.09 bits per heavy atom. The van der Waals surface area contributed by atoms with Crippen LogP contribution in [-0.2, 0) is 11.3 Å². The molecule has 1 aromatic rings. The van der Waals surface area contributed by atoms with E-state index < -0.39 is 0 Å². The molecule has 0 radical (unpaired) electrons. The molecule has 2 rings (SSSR count). The van der Waals surface area contributed by atoms with Crippen molar-refractivity contribution in [1.29, 1.82) is 0 Å². The van der Waals surface area contributed by atoms with Crippen molar-refractivity contribution >= 4 is 29.9 Å². The number of hydrogen-bond acceptors (Lipinski definition) is 4. The first kappa shape index (κ1) is 19.1. The summed E-state index contributed by atoms with van der Waals surface area (Å²) in [5.74, 6) is 0.844. The Labute approximate surface area is 149 Å². The van der Waals surface area contributed by atoms with Crippen molar-refractivity contribution in [3.8, 4) is 0 Å². The minimum absolute atomic E-state index is 0. The van der Waals surface area contributed by atoms with Crippen molar-refractivity contribution < 1.29 is 4.74 Å². The van der Waals surface area contributed by atoms with Crippen LogP contribution in [0.5, 0.6) is 0 Å². The summed E-state index contributed by atoms with van der Waals surface area (Å²) in [5, 5.41) is 14.3. The van der Waals surface area contributed by atoms with Gasteiger partial charge in [-0.2, -0.15) is 0 Å². The highest BCUT2D eigenvalue weighted by molar-refractivity contribution is 14.0. The summed E-state index contributed by atoms with van der Waals surface area (Å²) >= 11 is 0. The minimum atomic E-state index is -0.0496. The van der Waals surface area contributed by atoms with Crippen molar-refractivity contribution in [1.82, 2.24) is 25.4 Å². The molecule has 1 aromatic heterocycles. The van der Waals surface area contributed by atoms with E-state index in [1.165, 1.54) is 0 Å². The number of unbranched alkanes of at least 4 members (excludes halogenated alkanes) is 1. The van der Waals surface area contributed by atoms with Crippen LogP contribution in [0.3, 0.4) is 0 Å². The highest BCUT2D eigenvalue weighted by atomic mass is 127.